The van der Waals surface area contributed by atoms with E-state index in [4.69, 9.17) is 14.6 Å². The predicted molar refractivity (Wildman–Crippen MR) is 108 cm³/mol. The van der Waals surface area contributed by atoms with Gasteiger partial charge in [0.15, 0.2) is 5.76 Å². The maximum Gasteiger partial charge on any atom is 0.286 e. The molecule has 0 aromatic heterocycles. The van der Waals surface area contributed by atoms with Crippen molar-refractivity contribution in [3.8, 4) is 0 Å². The summed E-state index contributed by atoms with van der Waals surface area (Å²) in [4.78, 5) is 12.7. The number of hydrogen-bond donors (Lipinski definition) is 2. The zero-order chi connectivity index (χ0) is 20.1. The molecule has 154 valence electrons. The Labute approximate surface area is 168 Å². The summed E-state index contributed by atoms with van der Waals surface area (Å²) in [5, 5.41) is 12.3. The Kier molecular flexibility index (Phi) is 6.78. The van der Waals surface area contributed by atoms with Crippen LogP contribution in [0.1, 0.15) is 64.0 Å². The number of ether oxygens (including phenoxy) is 2. The average molecular weight is 388 g/mol. The van der Waals surface area contributed by atoms with E-state index < -0.39 is 6.29 Å². The first-order chi connectivity index (χ1) is 13.3. The van der Waals surface area contributed by atoms with Gasteiger partial charge in [0.25, 0.3) is 5.91 Å². The number of aliphatic hydroxyl groups excluding tert-OH is 1. The Morgan fingerprint density at radius 1 is 1.18 bits per heavy atom. The molecule has 2 N–H and O–H groups in total. The van der Waals surface area contributed by atoms with Crippen LogP contribution in [-0.2, 0) is 27.5 Å². The molecule has 1 saturated carbocycles. The largest absolute Gasteiger partial charge is 0.459 e. The quantitative estimate of drug-likeness (QED) is 0.773. The van der Waals surface area contributed by atoms with Crippen LogP contribution in [0.4, 0.5) is 0 Å². The van der Waals surface area contributed by atoms with Gasteiger partial charge in [-0.25, -0.2) is 0 Å². The van der Waals surface area contributed by atoms with Gasteiger partial charge in [-0.1, -0.05) is 57.9 Å². The molecular weight excluding hydrogens is 354 g/mol. The molecule has 5 heteroatoms. The van der Waals surface area contributed by atoms with Crippen molar-refractivity contribution in [3.05, 3.63) is 47.2 Å². The van der Waals surface area contributed by atoms with Gasteiger partial charge in [0.2, 0.25) is 6.29 Å². The summed E-state index contributed by atoms with van der Waals surface area (Å²) >= 11 is 0. The van der Waals surface area contributed by atoms with E-state index in [1.165, 1.54) is 12.8 Å². The maximum absolute atomic E-state index is 12.7. The van der Waals surface area contributed by atoms with Crippen molar-refractivity contribution in [2.75, 3.05) is 0 Å². The summed E-state index contributed by atoms with van der Waals surface area (Å²) < 4.78 is 12.0. The molecule has 1 amide bonds. The van der Waals surface area contributed by atoms with Crippen LogP contribution in [0.25, 0.3) is 0 Å². The van der Waals surface area contributed by atoms with E-state index >= 15 is 0 Å². The Bertz CT molecular complexity index is 684. The smallest absolute Gasteiger partial charge is 0.286 e. The SMILES string of the molecule is CC(C)(C)[C@@H]1C=C(C(=O)NC2CCCC2)O[C@H](OCc2ccc(CO)cc2)C1. The molecule has 0 saturated heterocycles. The lowest BCUT2D eigenvalue weighted by atomic mass is 9.77. The van der Waals surface area contributed by atoms with Gasteiger partial charge in [-0.15, -0.1) is 0 Å². The van der Waals surface area contributed by atoms with Crippen molar-refractivity contribution in [3.63, 3.8) is 0 Å². The molecule has 0 spiro atoms. The van der Waals surface area contributed by atoms with Crippen LogP contribution in [0.3, 0.4) is 0 Å². The Morgan fingerprint density at radius 3 is 2.43 bits per heavy atom. The molecule has 1 aliphatic carbocycles. The van der Waals surface area contributed by atoms with Crippen molar-refractivity contribution < 1.29 is 19.4 Å². The van der Waals surface area contributed by atoms with Gasteiger partial charge in [-0.05, 0) is 41.4 Å². The van der Waals surface area contributed by atoms with E-state index in [0.29, 0.717) is 12.4 Å². The number of carbonyl (C=O) groups excluding carboxylic acids is 1. The molecule has 2 atom stereocenters. The van der Waals surface area contributed by atoms with E-state index in [2.05, 4.69) is 26.1 Å². The highest BCUT2D eigenvalue weighted by Crippen LogP contribution is 2.36. The van der Waals surface area contributed by atoms with E-state index in [-0.39, 0.29) is 29.9 Å². The van der Waals surface area contributed by atoms with Crippen LogP contribution in [0, 0.1) is 11.3 Å². The standard InChI is InChI=1S/C23H33NO4/c1-23(2,3)18-12-20(22(26)24-19-6-4-5-7-19)28-21(13-18)27-15-17-10-8-16(14-25)9-11-17/h8-12,18-19,21,25H,4-7,13-15H2,1-3H3,(H,24,26)/t18-,21+/m1/s1. The van der Waals surface area contributed by atoms with Gasteiger partial charge in [0.05, 0.1) is 13.2 Å². The minimum Gasteiger partial charge on any atom is -0.459 e. The van der Waals surface area contributed by atoms with Crippen molar-refractivity contribution in [1.82, 2.24) is 5.32 Å². The zero-order valence-corrected chi connectivity index (χ0v) is 17.2. The number of benzene rings is 1. The second-order valence-corrected chi connectivity index (χ2v) is 9.03. The maximum atomic E-state index is 12.7. The third-order valence-electron chi connectivity index (χ3n) is 5.73. The van der Waals surface area contributed by atoms with Crippen LogP contribution in [0.15, 0.2) is 36.1 Å². The number of carbonyl (C=O) groups is 1. The van der Waals surface area contributed by atoms with E-state index in [1.807, 2.05) is 30.3 Å². The lowest BCUT2D eigenvalue weighted by molar-refractivity contribution is -0.157. The lowest BCUT2D eigenvalue weighted by Crippen LogP contribution is -2.39. The Morgan fingerprint density at radius 2 is 1.82 bits per heavy atom. The van der Waals surface area contributed by atoms with E-state index in [1.54, 1.807) is 0 Å². The highest BCUT2D eigenvalue weighted by atomic mass is 16.7. The summed E-state index contributed by atoms with van der Waals surface area (Å²) in [5.41, 5.74) is 1.91. The van der Waals surface area contributed by atoms with Gasteiger partial charge >= 0.3 is 0 Å². The second-order valence-electron chi connectivity index (χ2n) is 9.03. The molecule has 2 aliphatic rings. The summed E-state index contributed by atoms with van der Waals surface area (Å²) in [6.45, 7) is 6.97. The Balaban J connectivity index is 1.64. The number of rotatable bonds is 6. The summed E-state index contributed by atoms with van der Waals surface area (Å²) in [7, 11) is 0. The van der Waals surface area contributed by atoms with Gasteiger partial charge in [-0.3, -0.25) is 4.79 Å². The molecule has 3 rings (SSSR count). The summed E-state index contributed by atoms with van der Waals surface area (Å²) in [6.07, 6.45) is 6.69. The monoisotopic (exact) mass is 387 g/mol. The molecule has 0 bridgehead atoms. The number of allylic oxidation sites excluding steroid dienone is 1. The van der Waals surface area contributed by atoms with Crippen molar-refractivity contribution >= 4 is 5.91 Å². The fourth-order valence-corrected chi connectivity index (χ4v) is 3.78. The lowest BCUT2D eigenvalue weighted by Gasteiger charge is -2.36. The van der Waals surface area contributed by atoms with Gasteiger partial charge in [0, 0.05) is 12.5 Å². The first kappa shape index (κ1) is 20.9. The molecule has 1 aromatic carbocycles. The molecule has 28 heavy (non-hydrogen) atoms. The number of amides is 1. The molecule has 1 aliphatic heterocycles. The molecule has 1 aromatic rings. The molecule has 1 heterocycles. The zero-order valence-electron chi connectivity index (χ0n) is 17.2. The number of hydrogen-bond acceptors (Lipinski definition) is 4. The van der Waals surface area contributed by atoms with Crippen molar-refractivity contribution in [1.29, 1.82) is 0 Å². The van der Waals surface area contributed by atoms with Gasteiger partial charge < -0.3 is 19.9 Å². The summed E-state index contributed by atoms with van der Waals surface area (Å²) in [6, 6.07) is 7.92. The first-order valence-electron chi connectivity index (χ1n) is 10.3. The highest BCUT2D eigenvalue weighted by Gasteiger charge is 2.34. The van der Waals surface area contributed by atoms with E-state index in [9.17, 15) is 4.79 Å². The minimum absolute atomic E-state index is 0.0209. The topological polar surface area (TPSA) is 67.8 Å². The molecule has 5 nitrogen and oxygen atoms in total. The van der Waals surface area contributed by atoms with Crippen LogP contribution in [0.2, 0.25) is 0 Å². The number of aliphatic hydroxyl groups is 1. The predicted octanol–water partition coefficient (Wildman–Crippen LogP) is 4.05. The van der Waals surface area contributed by atoms with Crippen molar-refractivity contribution in [2.45, 2.75) is 78.4 Å². The third kappa shape index (κ3) is 5.58. The second kappa shape index (κ2) is 9.10. The molecule has 0 unspecified atom stereocenters. The van der Waals surface area contributed by atoms with Crippen LogP contribution in [-0.4, -0.2) is 23.3 Å². The van der Waals surface area contributed by atoms with Gasteiger partial charge in [0.1, 0.15) is 0 Å². The third-order valence-corrected chi connectivity index (χ3v) is 5.73. The first-order valence-corrected chi connectivity index (χ1v) is 10.3. The minimum atomic E-state index is -0.448. The van der Waals surface area contributed by atoms with Crippen molar-refractivity contribution in [2.24, 2.45) is 11.3 Å². The van der Waals surface area contributed by atoms with Gasteiger partial charge in [-0.2, -0.15) is 0 Å². The summed E-state index contributed by atoms with van der Waals surface area (Å²) in [5.74, 6) is 0.466. The fourth-order valence-electron chi connectivity index (χ4n) is 3.78. The van der Waals surface area contributed by atoms with E-state index in [0.717, 1.165) is 30.4 Å². The normalized spacial score (nSPS) is 23.2. The van der Waals surface area contributed by atoms with Crippen LogP contribution >= 0.6 is 0 Å². The Hall–Kier alpha value is -1.85. The van der Waals surface area contributed by atoms with Crippen LogP contribution in [0.5, 0.6) is 0 Å². The highest BCUT2D eigenvalue weighted by molar-refractivity contribution is 5.91. The fraction of sp³-hybridized carbons (Fsp3) is 0.609. The molecular formula is C23H33NO4. The van der Waals surface area contributed by atoms with Crippen LogP contribution < -0.4 is 5.32 Å². The number of nitrogens with one attached hydrogen (secondary N) is 1. The molecule has 0 radical (unpaired) electrons. The molecule has 1 fully saturated rings. The average Bonchev–Trinajstić information content (AvgIpc) is 3.19.